The zero-order valence-electron chi connectivity index (χ0n) is 11.9. The van der Waals surface area contributed by atoms with E-state index in [1.807, 2.05) is 26.0 Å². The van der Waals surface area contributed by atoms with Crippen LogP contribution in [-0.2, 0) is 13.0 Å². The van der Waals surface area contributed by atoms with Crippen molar-refractivity contribution in [2.75, 3.05) is 0 Å². The topological polar surface area (TPSA) is 85.5 Å². The number of rotatable bonds is 5. The van der Waals surface area contributed by atoms with Crippen molar-refractivity contribution in [3.8, 4) is 11.5 Å². The van der Waals surface area contributed by atoms with Crippen LogP contribution in [0.15, 0.2) is 30.3 Å². The zero-order chi connectivity index (χ0) is 15.4. The van der Waals surface area contributed by atoms with Crippen molar-refractivity contribution in [3.63, 3.8) is 0 Å². The molecule has 6 heteroatoms. The fraction of sp³-hybridized carbons (Fsp3) is 0.267. The fourth-order valence-electron chi connectivity index (χ4n) is 2.00. The summed E-state index contributed by atoms with van der Waals surface area (Å²) >= 11 is 0. The standard InChI is InChI=1S/C15H16N2O4/c1-3-13-15(7-4-10(2)16-13)21-12-5-6-14(17(19)20)11(8-12)9-18/h4-8,18H,3,9H2,1-2H3. The van der Waals surface area contributed by atoms with Crippen LogP contribution in [0.2, 0.25) is 0 Å². The molecular formula is C15H16N2O4. The molecule has 1 aromatic heterocycles. The van der Waals surface area contributed by atoms with Gasteiger partial charge in [0.05, 0.1) is 22.8 Å². The van der Waals surface area contributed by atoms with Crippen LogP contribution in [-0.4, -0.2) is 15.0 Å². The number of hydrogen-bond acceptors (Lipinski definition) is 5. The van der Waals surface area contributed by atoms with Crippen molar-refractivity contribution >= 4 is 5.69 Å². The number of pyridine rings is 1. The van der Waals surface area contributed by atoms with Gasteiger partial charge >= 0.3 is 0 Å². The van der Waals surface area contributed by atoms with Gasteiger partial charge in [0.15, 0.2) is 0 Å². The molecule has 0 bridgehead atoms. The lowest BCUT2D eigenvalue weighted by molar-refractivity contribution is -0.385. The zero-order valence-corrected chi connectivity index (χ0v) is 11.9. The molecule has 0 aliphatic carbocycles. The average molecular weight is 288 g/mol. The summed E-state index contributed by atoms with van der Waals surface area (Å²) in [5.74, 6) is 1.05. The van der Waals surface area contributed by atoms with Crippen LogP contribution < -0.4 is 4.74 Å². The quantitative estimate of drug-likeness (QED) is 0.674. The molecule has 1 N–H and O–H groups in total. The van der Waals surface area contributed by atoms with Gasteiger partial charge in [-0.25, -0.2) is 0 Å². The number of nitrogens with zero attached hydrogens (tertiary/aromatic N) is 2. The SMILES string of the molecule is CCc1nc(C)ccc1Oc1ccc([N+](=O)[O-])c(CO)c1. The molecule has 0 fully saturated rings. The molecule has 1 heterocycles. The van der Waals surface area contributed by atoms with E-state index in [-0.39, 0.29) is 11.3 Å². The maximum absolute atomic E-state index is 10.8. The van der Waals surface area contributed by atoms with Gasteiger partial charge in [-0.05, 0) is 37.6 Å². The van der Waals surface area contributed by atoms with Gasteiger partial charge in [0.2, 0.25) is 0 Å². The molecule has 0 saturated heterocycles. The average Bonchev–Trinajstić information content (AvgIpc) is 2.48. The third kappa shape index (κ3) is 3.35. The first-order valence-corrected chi connectivity index (χ1v) is 6.57. The van der Waals surface area contributed by atoms with Crippen molar-refractivity contribution in [1.82, 2.24) is 4.98 Å². The second kappa shape index (κ2) is 6.32. The summed E-state index contributed by atoms with van der Waals surface area (Å²) in [5, 5.41) is 20.1. The van der Waals surface area contributed by atoms with Gasteiger partial charge in [-0.15, -0.1) is 0 Å². The molecule has 1 aromatic carbocycles. The number of nitro benzene ring substituents is 1. The predicted molar refractivity (Wildman–Crippen MR) is 77.4 cm³/mol. The van der Waals surface area contributed by atoms with Crippen LogP contribution in [0.25, 0.3) is 0 Å². The number of ether oxygens (including phenoxy) is 1. The molecular weight excluding hydrogens is 272 g/mol. The highest BCUT2D eigenvalue weighted by molar-refractivity contribution is 5.46. The highest BCUT2D eigenvalue weighted by Crippen LogP contribution is 2.29. The van der Waals surface area contributed by atoms with Crippen LogP contribution >= 0.6 is 0 Å². The number of aromatic nitrogens is 1. The molecule has 0 radical (unpaired) electrons. The second-order valence-electron chi connectivity index (χ2n) is 4.56. The van der Waals surface area contributed by atoms with E-state index < -0.39 is 11.5 Å². The molecule has 21 heavy (non-hydrogen) atoms. The maximum Gasteiger partial charge on any atom is 0.275 e. The fourth-order valence-corrected chi connectivity index (χ4v) is 2.00. The number of hydrogen-bond donors (Lipinski definition) is 1. The largest absolute Gasteiger partial charge is 0.455 e. The lowest BCUT2D eigenvalue weighted by atomic mass is 10.2. The van der Waals surface area contributed by atoms with E-state index in [1.165, 1.54) is 18.2 Å². The number of benzene rings is 1. The van der Waals surface area contributed by atoms with Crippen molar-refractivity contribution in [1.29, 1.82) is 0 Å². The first-order valence-electron chi connectivity index (χ1n) is 6.57. The van der Waals surface area contributed by atoms with Crippen LogP contribution in [0, 0.1) is 17.0 Å². The maximum atomic E-state index is 10.8. The Morgan fingerprint density at radius 3 is 2.71 bits per heavy atom. The molecule has 0 aliphatic rings. The third-order valence-corrected chi connectivity index (χ3v) is 3.05. The molecule has 0 aliphatic heterocycles. The van der Waals surface area contributed by atoms with Gasteiger partial charge in [0, 0.05) is 11.8 Å². The molecule has 0 spiro atoms. The summed E-state index contributed by atoms with van der Waals surface area (Å²) in [7, 11) is 0. The van der Waals surface area contributed by atoms with Gasteiger partial charge < -0.3 is 9.84 Å². The van der Waals surface area contributed by atoms with E-state index in [0.717, 1.165) is 17.8 Å². The molecule has 2 aromatic rings. The Morgan fingerprint density at radius 1 is 1.33 bits per heavy atom. The van der Waals surface area contributed by atoms with Gasteiger partial charge in [-0.3, -0.25) is 15.1 Å². The molecule has 110 valence electrons. The summed E-state index contributed by atoms with van der Waals surface area (Å²) < 4.78 is 5.74. The van der Waals surface area contributed by atoms with Crippen LogP contribution in [0.1, 0.15) is 23.9 Å². The van der Waals surface area contributed by atoms with Crippen LogP contribution in [0.5, 0.6) is 11.5 Å². The Kier molecular flexibility index (Phi) is 4.49. The number of aryl methyl sites for hydroxylation is 2. The Bertz CT molecular complexity index is 671. The number of nitro groups is 1. The van der Waals surface area contributed by atoms with Crippen molar-refractivity contribution < 1.29 is 14.8 Å². The van der Waals surface area contributed by atoms with E-state index in [0.29, 0.717) is 11.5 Å². The number of aliphatic hydroxyl groups excluding tert-OH is 1. The summed E-state index contributed by atoms with van der Waals surface area (Å²) in [6.07, 6.45) is 0.719. The summed E-state index contributed by atoms with van der Waals surface area (Å²) in [4.78, 5) is 14.7. The normalized spacial score (nSPS) is 10.4. The molecule has 0 amide bonds. The van der Waals surface area contributed by atoms with Crippen molar-refractivity contribution in [2.45, 2.75) is 26.9 Å². The lowest BCUT2D eigenvalue weighted by Crippen LogP contribution is -1.98. The van der Waals surface area contributed by atoms with E-state index >= 15 is 0 Å². The van der Waals surface area contributed by atoms with Crippen LogP contribution in [0.3, 0.4) is 0 Å². The second-order valence-corrected chi connectivity index (χ2v) is 4.56. The van der Waals surface area contributed by atoms with Crippen molar-refractivity contribution in [3.05, 3.63) is 57.4 Å². The third-order valence-electron chi connectivity index (χ3n) is 3.05. The Hall–Kier alpha value is -2.47. The predicted octanol–water partition coefficient (Wildman–Crippen LogP) is 3.15. The first kappa shape index (κ1) is 14.9. The van der Waals surface area contributed by atoms with Crippen LogP contribution in [0.4, 0.5) is 5.69 Å². The number of aliphatic hydroxyl groups is 1. The molecule has 0 saturated carbocycles. The highest BCUT2D eigenvalue weighted by Gasteiger charge is 2.14. The molecule has 0 atom stereocenters. The monoisotopic (exact) mass is 288 g/mol. The lowest BCUT2D eigenvalue weighted by Gasteiger charge is -2.11. The Balaban J connectivity index is 2.34. The molecule has 0 unspecified atom stereocenters. The Labute approximate surface area is 122 Å². The minimum Gasteiger partial charge on any atom is -0.455 e. The van der Waals surface area contributed by atoms with Gasteiger partial charge in [0.25, 0.3) is 5.69 Å². The van der Waals surface area contributed by atoms with Gasteiger partial charge in [0.1, 0.15) is 11.5 Å². The van der Waals surface area contributed by atoms with E-state index in [1.54, 1.807) is 0 Å². The van der Waals surface area contributed by atoms with Gasteiger partial charge in [-0.2, -0.15) is 0 Å². The minimum absolute atomic E-state index is 0.123. The van der Waals surface area contributed by atoms with E-state index in [2.05, 4.69) is 4.98 Å². The summed E-state index contributed by atoms with van der Waals surface area (Å²) in [5.41, 5.74) is 1.82. The van der Waals surface area contributed by atoms with E-state index in [9.17, 15) is 15.2 Å². The first-order chi connectivity index (χ1) is 10.0. The molecule has 6 nitrogen and oxygen atoms in total. The van der Waals surface area contributed by atoms with Crippen molar-refractivity contribution in [2.24, 2.45) is 0 Å². The highest BCUT2D eigenvalue weighted by atomic mass is 16.6. The Morgan fingerprint density at radius 2 is 2.10 bits per heavy atom. The van der Waals surface area contributed by atoms with Gasteiger partial charge in [-0.1, -0.05) is 6.92 Å². The minimum atomic E-state index is -0.528. The smallest absolute Gasteiger partial charge is 0.275 e. The summed E-state index contributed by atoms with van der Waals surface area (Å²) in [6, 6.07) is 7.97. The summed E-state index contributed by atoms with van der Waals surface area (Å²) in [6.45, 7) is 3.46. The van der Waals surface area contributed by atoms with E-state index in [4.69, 9.17) is 4.74 Å². The molecule has 2 rings (SSSR count).